The molecule has 3 aliphatic heterocycles. The van der Waals surface area contributed by atoms with E-state index < -0.39 is 0 Å². The van der Waals surface area contributed by atoms with Crippen molar-refractivity contribution in [2.24, 2.45) is 0 Å². The third-order valence-electron chi connectivity index (χ3n) is 6.58. The highest BCUT2D eigenvalue weighted by atomic mass is 16.7. The number of carbonyl (C=O) groups is 1. The van der Waals surface area contributed by atoms with Gasteiger partial charge in [-0.25, -0.2) is 0 Å². The molecule has 1 amide bonds. The molecule has 8 nitrogen and oxygen atoms in total. The van der Waals surface area contributed by atoms with Crippen molar-refractivity contribution in [3.63, 3.8) is 0 Å². The highest BCUT2D eigenvalue weighted by molar-refractivity contribution is 5.95. The van der Waals surface area contributed by atoms with Gasteiger partial charge in [0, 0.05) is 18.9 Å². The third-order valence-corrected chi connectivity index (χ3v) is 6.58. The van der Waals surface area contributed by atoms with Gasteiger partial charge >= 0.3 is 0 Å². The van der Waals surface area contributed by atoms with Gasteiger partial charge in [-0.2, -0.15) is 0 Å². The summed E-state index contributed by atoms with van der Waals surface area (Å²) in [5.41, 5.74) is 0.732. The number of pyridine rings is 1. The zero-order valence-corrected chi connectivity index (χ0v) is 17.6. The largest absolute Gasteiger partial charge is 0.454 e. The number of carbonyl (C=O) groups excluding carboxylic acids is 1. The molecular formula is C23H27N3O5. The molecule has 2 saturated heterocycles. The van der Waals surface area contributed by atoms with Gasteiger partial charge in [0.25, 0.3) is 11.5 Å². The Labute approximate surface area is 180 Å². The van der Waals surface area contributed by atoms with Crippen LogP contribution in [0.4, 0.5) is 0 Å². The number of benzene rings is 1. The second-order valence-corrected chi connectivity index (χ2v) is 8.42. The van der Waals surface area contributed by atoms with Crippen molar-refractivity contribution in [3.05, 3.63) is 51.9 Å². The van der Waals surface area contributed by atoms with E-state index in [4.69, 9.17) is 14.2 Å². The van der Waals surface area contributed by atoms with Crippen molar-refractivity contribution in [2.45, 2.75) is 44.2 Å². The van der Waals surface area contributed by atoms with Crippen LogP contribution in [0, 0.1) is 6.92 Å². The molecule has 8 heteroatoms. The second-order valence-electron chi connectivity index (χ2n) is 8.42. The predicted molar refractivity (Wildman–Crippen MR) is 114 cm³/mol. The van der Waals surface area contributed by atoms with Crippen LogP contribution in [-0.4, -0.2) is 48.6 Å². The number of hydrogen-bond acceptors (Lipinski definition) is 6. The summed E-state index contributed by atoms with van der Waals surface area (Å²) in [6, 6.07) is 6.99. The first-order valence-electron chi connectivity index (χ1n) is 10.9. The number of rotatable bonds is 3. The standard InChI is InChI=1S/C23H27N3O5/c1-15-6-11-26(16-4-5-17-18(13-16)30-14-29-17)22(28)20(15)21(27)25-19-3-2-12-31-23(19)7-9-24-10-8-23/h4-6,11,13,19,24H,2-3,7-10,12,14H2,1H3,(H,25,27). The van der Waals surface area contributed by atoms with E-state index in [0.717, 1.165) is 38.8 Å². The molecule has 2 N–H and O–H groups in total. The Bertz CT molecular complexity index is 1050. The Morgan fingerprint density at radius 3 is 2.84 bits per heavy atom. The Kier molecular flexibility index (Phi) is 5.19. The zero-order valence-electron chi connectivity index (χ0n) is 17.6. The minimum absolute atomic E-state index is 0.103. The van der Waals surface area contributed by atoms with Crippen molar-refractivity contribution < 1.29 is 19.0 Å². The second kappa shape index (κ2) is 8.01. The lowest BCUT2D eigenvalue weighted by atomic mass is 9.80. The first-order chi connectivity index (χ1) is 15.1. The molecule has 5 rings (SSSR count). The van der Waals surface area contributed by atoms with E-state index in [9.17, 15) is 9.59 Å². The van der Waals surface area contributed by atoms with Gasteiger partial charge in [0.05, 0.1) is 17.3 Å². The molecule has 0 saturated carbocycles. The topological polar surface area (TPSA) is 90.8 Å². The van der Waals surface area contributed by atoms with Crippen molar-refractivity contribution >= 4 is 5.91 Å². The van der Waals surface area contributed by atoms with Crippen molar-refractivity contribution in [3.8, 4) is 17.2 Å². The molecule has 2 fully saturated rings. The fraction of sp³-hybridized carbons (Fsp3) is 0.478. The Balaban J connectivity index is 1.45. The monoisotopic (exact) mass is 425 g/mol. The van der Waals surface area contributed by atoms with E-state index in [2.05, 4.69) is 10.6 Å². The normalized spacial score (nSPS) is 21.8. The van der Waals surface area contributed by atoms with Gasteiger partial charge < -0.3 is 24.8 Å². The summed E-state index contributed by atoms with van der Waals surface area (Å²) in [6.45, 7) is 4.41. The van der Waals surface area contributed by atoms with Gasteiger partial charge in [0.2, 0.25) is 6.79 Å². The van der Waals surface area contributed by atoms with Crippen molar-refractivity contribution in [1.29, 1.82) is 0 Å². The molecule has 1 spiro atoms. The summed E-state index contributed by atoms with van der Waals surface area (Å²) >= 11 is 0. The van der Waals surface area contributed by atoms with Crippen molar-refractivity contribution in [1.82, 2.24) is 15.2 Å². The predicted octanol–water partition coefficient (Wildman–Crippen LogP) is 1.91. The summed E-state index contributed by atoms with van der Waals surface area (Å²) in [7, 11) is 0. The van der Waals surface area contributed by atoms with Crippen LogP contribution in [0.2, 0.25) is 0 Å². The van der Waals surface area contributed by atoms with E-state index in [-0.39, 0.29) is 35.5 Å². The fourth-order valence-corrected chi connectivity index (χ4v) is 4.84. The van der Waals surface area contributed by atoms with Gasteiger partial charge in [-0.15, -0.1) is 0 Å². The molecule has 31 heavy (non-hydrogen) atoms. The first-order valence-corrected chi connectivity index (χ1v) is 10.9. The summed E-state index contributed by atoms with van der Waals surface area (Å²) in [5, 5.41) is 6.51. The van der Waals surface area contributed by atoms with Gasteiger partial charge in [0.15, 0.2) is 11.5 Å². The maximum atomic E-state index is 13.3. The lowest BCUT2D eigenvalue weighted by molar-refractivity contribution is -0.114. The van der Waals surface area contributed by atoms with Crippen LogP contribution in [0.25, 0.3) is 5.69 Å². The molecule has 0 radical (unpaired) electrons. The molecule has 164 valence electrons. The lowest BCUT2D eigenvalue weighted by Crippen LogP contribution is -2.60. The van der Waals surface area contributed by atoms with E-state index in [0.29, 0.717) is 29.4 Å². The fourth-order valence-electron chi connectivity index (χ4n) is 4.84. The number of piperidine rings is 1. The molecule has 1 atom stereocenters. The van der Waals surface area contributed by atoms with Crippen LogP contribution >= 0.6 is 0 Å². The number of ether oxygens (including phenoxy) is 3. The van der Waals surface area contributed by atoms with Gasteiger partial charge in [-0.3, -0.25) is 14.2 Å². The molecule has 4 heterocycles. The molecule has 2 aromatic rings. The van der Waals surface area contributed by atoms with Crippen LogP contribution in [0.15, 0.2) is 35.3 Å². The number of amides is 1. The Morgan fingerprint density at radius 1 is 1.19 bits per heavy atom. The number of aromatic nitrogens is 1. The van der Waals surface area contributed by atoms with Gasteiger partial charge in [-0.1, -0.05) is 0 Å². The molecule has 1 aromatic heterocycles. The molecule has 0 bridgehead atoms. The zero-order chi connectivity index (χ0) is 21.4. The summed E-state index contributed by atoms with van der Waals surface area (Å²) in [4.78, 5) is 26.6. The number of aryl methyl sites for hydroxylation is 1. The highest BCUT2D eigenvalue weighted by Crippen LogP contribution is 2.34. The number of hydrogen-bond donors (Lipinski definition) is 2. The van der Waals surface area contributed by atoms with Crippen LogP contribution in [-0.2, 0) is 4.74 Å². The first kappa shape index (κ1) is 20.1. The maximum Gasteiger partial charge on any atom is 0.268 e. The van der Waals surface area contributed by atoms with Crippen LogP contribution in [0.5, 0.6) is 11.5 Å². The van der Waals surface area contributed by atoms with E-state index in [1.165, 1.54) is 4.57 Å². The lowest BCUT2D eigenvalue weighted by Gasteiger charge is -2.46. The third kappa shape index (κ3) is 3.59. The highest BCUT2D eigenvalue weighted by Gasteiger charge is 2.44. The van der Waals surface area contributed by atoms with E-state index in [1.54, 1.807) is 37.4 Å². The molecule has 3 aliphatic rings. The number of nitrogens with one attached hydrogen (secondary N) is 2. The number of nitrogens with zero attached hydrogens (tertiary/aromatic N) is 1. The molecule has 0 aliphatic carbocycles. The summed E-state index contributed by atoms with van der Waals surface area (Å²) in [5.74, 6) is 0.889. The smallest absolute Gasteiger partial charge is 0.268 e. The minimum Gasteiger partial charge on any atom is -0.454 e. The average Bonchev–Trinajstić information content (AvgIpc) is 3.24. The molecule has 1 unspecified atom stereocenters. The molecular weight excluding hydrogens is 398 g/mol. The van der Waals surface area contributed by atoms with Crippen molar-refractivity contribution in [2.75, 3.05) is 26.5 Å². The Morgan fingerprint density at radius 2 is 2.00 bits per heavy atom. The SMILES string of the molecule is Cc1ccn(-c2ccc3c(c2)OCO3)c(=O)c1C(=O)NC1CCCOC12CCNCC2. The van der Waals surface area contributed by atoms with Crippen LogP contribution in [0.1, 0.15) is 41.6 Å². The summed E-state index contributed by atoms with van der Waals surface area (Å²) < 4.78 is 18.4. The Hall–Kier alpha value is -2.84. The van der Waals surface area contributed by atoms with Gasteiger partial charge in [0.1, 0.15) is 5.56 Å². The quantitative estimate of drug-likeness (QED) is 0.781. The van der Waals surface area contributed by atoms with E-state index in [1.807, 2.05) is 0 Å². The minimum atomic E-state index is -0.354. The molecule has 1 aromatic carbocycles. The number of fused-ring (bicyclic) bond motifs is 1. The van der Waals surface area contributed by atoms with Crippen LogP contribution < -0.4 is 25.7 Å². The van der Waals surface area contributed by atoms with E-state index >= 15 is 0 Å². The average molecular weight is 425 g/mol. The summed E-state index contributed by atoms with van der Waals surface area (Å²) in [6.07, 6.45) is 5.15. The van der Waals surface area contributed by atoms with Crippen LogP contribution in [0.3, 0.4) is 0 Å². The maximum absolute atomic E-state index is 13.3. The van der Waals surface area contributed by atoms with Gasteiger partial charge in [-0.05, 0) is 69.5 Å².